The summed E-state index contributed by atoms with van der Waals surface area (Å²) in [4.78, 5) is 11.1. The normalized spacial score (nSPS) is 20.8. The van der Waals surface area contributed by atoms with E-state index in [2.05, 4.69) is 17.6 Å². The van der Waals surface area contributed by atoms with E-state index in [1.807, 2.05) is 6.07 Å². The van der Waals surface area contributed by atoms with Crippen molar-refractivity contribution < 1.29 is 9.18 Å². The molecule has 2 rings (SSSR count). The summed E-state index contributed by atoms with van der Waals surface area (Å²) in [6.07, 6.45) is 2.39. The van der Waals surface area contributed by atoms with Crippen LogP contribution in [-0.2, 0) is 4.79 Å². The maximum Gasteiger partial charge on any atom is 0.220 e. The van der Waals surface area contributed by atoms with Crippen molar-refractivity contribution in [1.82, 2.24) is 10.6 Å². The fourth-order valence-electron chi connectivity index (χ4n) is 2.34. The van der Waals surface area contributed by atoms with E-state index in [0.29, 0.717) is 6.42 Å². The maximum atomic E-state index is 13.2. The molecule has 4 heteroatoms. The van der Waals surface area contributed by atoms with E-state index in [9.17, 15) is 9.18 Å². The van der Waals surface area contributed by atoms with Gasteiger partial charge < -0.3 is 10.6 Å². The van der Waals surface area contributed by atoms with Gasteiger partial charge >= 0.3 is 0 Å². The minimum atomic E-state index is -0.207. The summed E-state index contributed by atoms with van der Waals surface area (Å²) in [7, 11) is 0. The quantitative estimate of drug-likeness (QED) is 0.840. The van der Waals surface area contributed by atoms with Gasteiger partial charge in [-0.25, -0.2) is 4.39 Å². The number of hydrogen-bond donors (Lipinski definition) is 2. The van der Waals surface area contributed by atoms with E-state index in [1.54, 1.807) is 12.1 Å². The summed E-state index contributed by atoms with van der Waals surface area (Å²) in [5.74, 6) is -0.0810. The highest BCUT2D eigenvalue weighted by Crippen LogP contribution is 2.18. The van der Waals surface area contributed by atoms with Crippen LogP contribution in [0.25, 0.3) is 0 Å². The van der Waals surface area contributed by atoms with Crippen molar-refractivity contribution in [3.8, 4) is 0 Å². The van der Waals surface area contributed by atoms with Crippen LogP contribution in [0.5, 0.6) is 0 Å². The van der Waals surface area contributed by atoms with Gasteiger partial charge in [-0.1, -0.05) is 19.1 Å². The lowest BCUT2D eigenvalue weighted by Crippen LogP contribution is -2.37. The molecule has 2 N–H and O–H groups in total. The molecule has 0 aliphatic carbocycles. The predicted octanol–water partition coefficient (Wildman–Crippen LogP) is 2.14. The molecule has 0 saturated carbocycles. The summed E-state index contributed by atoms with van der Waals surface area (Å²) in [5, 5.41) is 6.31. The van der Waals surface area contributed by atoms with Crippen molar-refractivity contribution in [2.24, 2.45) is 0 Å². The molecular weight excluding hydrogens is 231 g/mol. The summed E-state index contributed by atoms with van der Waals surface area (Å²) in [6, 6.07) is 7.02. The molecule has 1 aromatic carbocycles. The Morgan fingerprint density at radius 2 is 2.39 bits per heavy atom. The van der Waals surface area contributed by atoms with Crippen LogP contribution in [0.1, 0.15) is 37.8 Å². The number of hydrogen-bond acceptors (Lipinski definition) is 2. The van der Waals surface area contributed by atoms with Crippen molar-refractivity contribution in [3.05, 3.63) is 35.6 Å². The Labute approximate surface area is 107 Å². The van der Waals surface area contributed by atoms with Gasteiger partial charge in [0, 0.05) is 25.0 Å². The molecule has 0 spiro atoms. The largest absolute Gasteiger partial charge is 0.352 e. The average molecular weight is 250 g/mol. The van der Waals surface area contributed by atoms with Gasteiger partial charge in [-0.05, 0) is 30.5 Å². The van der Waals surface area contributed by atoms with Crippen molar-refractivity contribution in [2.45, 2.75) is 38.3 Å². The zero-order valence-electron chi connectivity index (χ0n) is 10.6. The fraction of sp³-hybridized carbons (Fsp3) is 0.500. The highest BCUT2D eigenvalue weighted by atomic mass is 19.1. The molecule has 3 nitrogen and oxygen atoms in total. The molecular formula is C14H19FN2O. The molecule has 1 aliphatic rings. The van der Waals surface area contributed by atoms with Crippen LogP contribution in [-0.4, -0.2) is 18.5 Å². The Morgan fingerprint density at radius 3 is 3.00 bits per heavy atom. The van der Waals surface area contributed by atoms with Gasteiger partial charge in [-0.2, -0.15) is 0 Å². The molecule has 1 amide bonds. The molecule has 1 fully saturated rings. The molecule has 1 aromatic rings. The highest BCUT2D eigenvalue weighted by molar-refractivity contribution is 5.78. The minimum Gasteiger partial charge on any atom is -0.352 e. The second-order valence-electron chi connectivity index (χ2n) is 4.73. The number of amides is 1. The molecule has 2 unspecified atom stereocenters. The number of nitrogens with one attached hydrogen (secondary N) is 2. The van der Waals surface area contributed by atoms with Crippen molar-refractivity contribution in [1.29, 1.82) is 0 Å². The van der Waals surface area contributed by atoms with Crippen LogP contribution in [0.4, 0.5) is 4.39 Å². The van der Waals surface area contributed by atoms with Crippen molar-refractivity contribution >= 4 is 5.91 Å². The Hall–Kier alpha value is -1.42. The van der Waals surface area contributed by atoms with Gasteiger partial charge in [0.05, 0.1) is 0 Å². The first kappa shape index (κ1) is 13.0. The SMILES string of the molecule is CCC(NCC1CCC(=O)N1)c1cccc(F)c1. The Balaban J connectivity index is 1.91. The first-order valence-electron chi connectivity index (χ1n) is 6.47. The van der Waals surface area contributed by atoms with Gasteiger partial charge in [-0.15, -0.1) is 0 Å². The van der Waals surface area contributed by atoms with E-state index < -0.39 is 0 Å². The number of halogens is 1. The van der Waals surface area contributed by atoms with Gasteiger partial charge in [0.25, 0.3) is 0 Å². The molecule has 0 aromatic heterocycles. The van der Waals surface area contributed by atoms with Gasteiger partial charge in [-0.3, -0.25) is 4.79 Å². The van der Waals surface area contributed by atoms with Crippen LogP contribution in [0.3, 0.4) is 0 Å². The summed E-state index contributed by atoms with van der Waals surface area (Å²) in [6.45, 7) is 2.80. The van der Waals surface area contributed by atoms with E-state index in [1.165, 1.54) is 6.07 Å². The van der Waals surface area contributed by atoms with Crippen molar-refractivity contribution in [3.63, 3.8) is 0 Å². The van der Waals surface area contributed by atoms with E-state index >= 15 is 0 Å². The highest BCUT2D eigenvalue weighted by Gasteiger charge is 2.21. The zero-order chi connectivity index (χ0) is 13.0. The molecule has 98 valence electrons. The maximum absolute atomic E-state index is 13.2. The molecule has 18 heavy (non-hydrogen) atoms. The monoisotopic (exact) mass is 250 g/mol. The number of carbonyl (C=O) groups excluding carboxylic acids is 1. The zero-order valence-corrected chi connectivity index (χ0v) is 10.6. The fourth-order valence-corrected chi connectivity index (χ4v) is 2.34. The van der Waals surface area contributed by atoms with Crippen LogP contribution < -0.4 is 10.6 Å². The summed E-state index contributed by atoms with van der Waals surface area (Å²) in [5.41, 5.74) is 0.960. The summed E-state index contributed by atoms with van der Waals surface area (Å²) < 4.78 is 13.2. The third-order valence-corrected chi connectivity index (χ3v) is 3.35. The Kier molecular flexibility index (Phi) is 4.31. The third-order valence-electron chi connectivity index (χ3n) is 3.35. The topological polar surface area (TPSA) is 41.1 Å². The van der Waals surface area contributed by atoms with Crippen LogP contribution >= 0.6 is 0 Å². The lowest BCUT2D eigenvalue weighted by molar-refractivity contribution is -0.119. The second kappa shape index (κ2) is 5.96. The molecule has 0 bridgehead atoms. The van der Waals surface area contributed by atoms with Gasteiger partial charge in [0.15, 0.2) is 0 Å². The standard InChI is InChI=1S/C14H19FN2O/c1-2-13(10-4-3-5-11(15)8-10)16-9-12-6-7-14(18)17-12/h3-5,8,12-13,16H,2,6-7,9H2,1H3,(H,17,18). The number of carbonyl (C=O) groups is 1. The van der Waals surface area contributed by atoms with Crippen LogP contribution in [0, 0.1) is 5.82 Å². The van der Waals surface area contributed by atoms with Gasteiger partial charge in [0.1, 0.15) is 5.82 Å². The minimum absolute atomic E-state index is 0.126. The molecule has 2 atom stereocenters. The summed E-state index contributed by atoms with van der Waals surface area (Å²) >= 11 is 0. The Bertz CT molecular complexity index is 422. The third kappa shape index (κ3) is 3.29. The van der Waals surface area contributed by atoms with Crippen LogP contribution in [0.2, 0.25) is 0 Å². The lowest BCUT2D eigenvalue weighted by atomic mass is 10.0. The first-order valence-corrected chi connectivity index (χ1v) is 6.47. The first-order chi connectivity index (χ1) is 8.69. The number of benzene rings is 1. The van der Waals surface area contributed by atoms with Crippen molar-refractivity contribution in [2.75, 3.05) is 6.54 Å². The van der Waals surface area contributed by atoms with E-state index in [4.69, 9.17) is 0 Å². The molecule has 1 heterocycles. The number of rotatable bonds is 5. The second-order valence-corrected chi connectivity index (χ2v) is 4.73. The van der Waals surface area contributed by atoms with E-state index in [0.717, 1.165) is 24.9 Å². The molecule has 1 saturated heterocycles. The molecule has 1 aliphatic heterocycles. The Morgan fingerprint density at radius 1 is 1.56 bits per heavy atom. The van der Waals surface area contributed by atoms with E-state index in [-0.39, 0.29) is 23.8 Å². The predicted molar refractivity (Wildman–Crippen MR) is 68.6 cm³/mol. The smallest absolute Gasteiger partial charge is 0.220 e. The lowest BCUT2D eigenvalue weighted by Gasteiger charge is -2.20. The van der Waals surface area contributed by atoms with Crippen LogP contribution in [0.15, 0.2) is 24.3 Å². The molecule has 0 radical (unpaired) electrons. The average Bonchev–Trinajstić information content (AvgIpc) is 2.76. The van der Waals surface area contributed by atoms with Gasteiger partial charge in [0.2, 0.25) is 5.91 Å².